The predicted octanol–water partition coefficient (Wildman–Crippen LogP) is 3.51. The minimum atomic E-state index is 0.723. The van der Waals surface area contributed by atoms with Crippen LogP contribution in [0.15, 0.2) is 18.2 Å². The van der Waals surface area contributed by atoms with Crippen LogP contribution >= 0.6 is 23.2 Å². The van der Waals surface area contributed by atoms with Gasteiger partial charge in [0.25, 0.3) is 0 Å². The first kappa shape index (κ1) is 13.8. The van der Waals surface area contributed by atoms with E-state index >= 15 is 0 Å². The van der Waals surface area contributed by atoms with Gasteiger partial charge in [-0.1, -0.05) is 23.2 Å². The highest BCUT2D eigenvalue weighted by Gasteiger charge is 2.00. The Labute approximate surface area is 107 Å². The molecule has 0 aromatic heterocycles. The van der Waals surface area contributed by atoms with E-state index < -0.39 is 0 Å². The lowest BCUT2D eigenvalue weighted by Gasteiger charge is -2.07. The maximum Gasteiger partial charge on any atom is 0.0462 e. The molecule has 0 amide bonds. The van der Waals surface area contributed by atoms with Gasteiger partial charge in [0.1, 0.15) is 0 Å². The third-order valence-corrected chi connectivity index (χ3v) is 2.88. The van der Waals surface area contributed by atoms with E-state index in [-0.39, 0.29) is 0 Å². The van der Waals surface area contributed by atoms with Gasteiger partial charge in [0.2, 0.25) is 0 Å². The minimum Gasteiger partial charge on any atom is -0.385 e. The summed E-state index contributed by atoms with van der Waals surface area (Å²) in [4.78, 5) is 0. The lowest BCUT2D eigenvalue weighted by atomic mass is 10.2. The highest BCUT2D eigenvalue weighted by Crippen LogP contribution is 2.20. The molecule has 0 saturated carbocycles. The van der Waals surface area contributed by atoms with Crippen molar-refractivity contribution in [3.05, 3.63) is 33.8 Å². The number of hydrogen-bond donors (Lipinski definition) is 1. The molecule has 0 aliphatic carbocycles. The van der Waals surface area contributed by atoms with Crippen molar-refractivity contribution in [1.29, 1.82) is 0 Å². The predicted molar refractivity (Wildman–Crippen MR) is 69.3 cm³/mol. The van der Waals surface area contributed by atoms with Gasteiger partial charge >= 0.3 is 0 Å². The van der Waals surface area contributed by atoms with E-state index in [1.165, 1.54) is 0 Å². The van der Waals surface area contributed by atoms with Crippen LogP contribution in [0.1, 0.15) is 18.4 Å². The molecule has 90 valence electrons. The highest BCUT2D eigenvalue weighted by molar-refractivity contribution is 6.33. The average molecular weight is 262 g/mol. The number of benzene rings is 1. The van der Waals surface area contributed by atoms with Crippen LogP contribution in [0.3, 0.4) is 0 Å². The monoisotopic (exact) mass is 261 g/mol. The van der Waals surface area contributed by atoms with Crippen molar-refractivity contribution in [1.82, 2.24) is 5.32 Å². The molecule has 16 heavy (non-hydrogen) atoms. The first-order chi connectivity index (χ1) is 7.74. The molecule has 0 heterocycles. The van der Waals surface area contributed by atoms with Crippen LogP contribution in [-0.2, 0) is 11.3 Å². The SMILES string of the molecule is COCCCCNCc1cc(Cl)ccc1Cl. The number of halogens is 2. The summed E-state index contributed by atoms with van der Waals surface area (Å²) < 4.78 is 4.98. The molecule has 0 bridgehead atoms. The van der Waals surface area contributed by atoms with Crippen LogP contribution in [0.25, 0.3) is 0 Å². The third kappa shape index (κ3) is 5.17. The fourth-order valence-electron chi connectivity index (χ4n) is 1.40. The largest absolute Gasteiger partial charge is 0.385 e. The van der Waals surface area contributed by atoms with E-state index in [1.807, 2.05) is 12.1 Å². The van der Waals surface area contributed by atoms with Crippen LogP contribution in [0.4, 0.5) is 0 Å². The Balaban J connectivity index is 2.23. The second-order valence-electron chi connectivity index (χ2n) is 3.61. The number of ether oxygens (including phenoxy) is 1. The molecule has 0 fully saturated rings. The molecule has 4 heteroatoms. The Bertz CT molecular complexity index is 318. The maximum atomic E-state index is 6.04. The fourth-order valence-corrected chi connectivity index (χ4v) is 1.78. The summed E-state index contributed by atoms with van der Waals surface area (Å²) in [6.45, 7) is 2.54. The van der Waals surface area contributed by atoms with Gasteiger partial charge in [-0.3, -0.25) is 0 Å². The summed E-state index contributed by atoms with van der Waals surface area (Å²) in [6.07, 6.45) is 2.18. The van der Waals surface area contributed by atoms with Crippen molar-refractivity contribution < 1.29 is 4.74 Å². The molecule has 0 aliphatic heterocycles. The van der Waals surface area contributed by atoms with Crippen molar-refractivity contribution in [2.24, 2.45) is 0 Å². The second-order valence-corrected chi connectivity index (χ2v) is 4.46. The highest BCUT2D eigenvalue weighted by atomic mass is 35.5. The van der Waals surface area contributed by atoms with Crippen LogP contribution < -0.4 is 5.32 Å². The smallest absolute Gasteiger partial charge is 0.0462 e. The lowest BCUT2D eigenvalue weighted by molar-refractivity contribution is 0.192. The quantitative estimate of drug-likeness (QED) is 0.759. The Morgan fingerprint density at radius 3 is 2.81 bits per heavy atom. The fraction of sp³-hybridized carbons (Fsp3) is 0.500. The van der Waals surface area contributed by atoms with Crippen molar-refractivity contribution in [3.63, 3.8) is 0 Å². The van der Waals surface area contributed by atoms with E-state index in [0.717, 1.165) is 48.1 Å². The van der Waals surface area contributed by atoms with Gasteiger partial charge < -0.3 is 10.1 Å². The molecule has 0 unspecified atom stereocenters. The van der Waals surface area contributed by atoms with Crippen molar-refractivity contribution in [3.8, 4) is 0 Å². The van der Waals surface area contributed by atoms with Crippen LogP contribution in [0, 0.1) is 0 Å². The van der Waals surface area contributed by atoms with Gasteiger partial charge in [0.05, 0.1) is 0 Å². The van der Waals surface area contributed by atoms with Gasteiger partial charge in [-0.2, -0.15) is 0 Å². The number of methoxy groups -OCH3 is 1. The molecule has 0 radical (unpaired) electrons. The van der Waals surface area contributed by atoms with Crippen molar-refractivity contribution in [2.75, 3.05) is 20.3 Å². The molecule has 0 saturated heterocycles. The van der Waals surface area contributed by atoms with Gasteiger partial charge in [0.15, 0.2) is 0 Å². The molecular formula is C12H17Cl2NO. The Kier molecular flexibility index (Phi) is 6.81. The van der Waals surface area contributed by atoms with Gasteiger partial charge in [-0.15, -0.1) is 0 Å². The Morgan fingerprint density at radius 1 is 1.25 bits per heavy atom. The topological polar surface area (TPSA) is 21.3 Å². The van der Waals surface area contributed by atoms with Crippen molar-refractivity contribution in [2.45, 2.75) is 19.4 Å². The molecule has 1 aromatic carbocycles. The van der Waals surface area contributed by atoms with E-state index in [2.05, 4.69) is 5.32 Å². The Morgan fingerprint density at radius 2 is 2.06 bits per heavy atom. The summed E-state index contributed by atoms with van der Waals surface area (Å²) in [7, 11) is 1.72. The van der Waals surface area contributed by atoms with Crippen LogP contribution in [0.5, 0.6) is 0 Å². The maximum absolute atomic E-state index is 6.04. The molecule has 0 aliphatic rings. The summed E-state index contributed by atoms with van der Waals surface area (Å²) >= 11 is 11.9. The van der Waals surface area contributed by atoms with Crippen LogP contribution in [-0.4, -0.2) is 20.3 Å². The zero-order valence-electron chi connectivity index (χ0n) is 9.43. The zero-order valence-corrected chi connectivity index (χ0v) is 10.9. The van der Waals surface area contributed by atoms with Gasteiger partial charge in [-0.25, -0.2) is 0 Å². The number of nitrogens with one attached hydrogen (secondary N) is 1. The summed E-state index contributed by atoms with van der Waals surface area (Å²) in [5.41, 5.74) is 1.04. The van der Waals surface area contributed by atoms with Crippen LogP contribution in [0.2, 0.25) is 10.0 Å². The molecular weight excluding hydrogens is 245 g/mol. The van der Waals surface area contributed by atoms with E-state index in [1.54, 1.807) is 13.2 Å². The molecule has 1 aromatic rings. The number of hydrogen-bond acceptors (Lipinski definition) is 2. The molecule has 0 spiro atoms. The first-order valence-corrected chi connectivity index (χ1v) is 6.13. The third-order valence-electron chi connectivity index (χ3n) is 2.28. The first-order valence-electron chi connectivity index (χ1n) is 5.37. The number of unbranched alkanes of at least 4 members (excludes halogenated alkanes) is 1. The Hall–Kier alpha value is -0.280. The van der Waals surface area contributed by atoms with E-state index in [0.29, 0.717) is 0 Å². The minimum absolute atomic E-state index is 0.723. The zero-order chi connectivity index (χ0) is 11.8. The van der Waals surface area contributed by atoms with Crippen molar-refractivity contribution >= 4 is 23.2 Å². The summed E-state index contributed by atoms with van der Waals surface area (Å²) in [5.74, 6) is 0. The molecule has 2 nitrogen and oxygen atoms in total. The lowest BCUT2D eigenvalue weighted by Crippen LogP contribution is -2.15. The molecule has 0 atom stereocenters. The van der Waals surface area contributed by atoms with Gasteiger partial charge in [0, 0.05) is 30.3 Å². The second kappa shape index (κ2) is 7.91. The summed E-state index contributed by atoms with van der Waals surface area (Å²) in [5, 5.41) is 4.81. The molecule has 1 rings (SSSR count). The molecule has 1 N–H and O–H groups in total. The summed E-state index contributed by atoms with van der Waals surface area (Å²) in [6, 6.07) is 5.52. The van der Waals surface area contributed by atoms with Gasteiger partial charge in [-0.05, 0) is 43.1 Å². The number of rotatable bonds is 7. The normalized spacial score (nSPS) is 10.7. The van der Waals surface area contributed by atoms with E-state index in [4.69, 9.17) is 27.9 Å². The average Bonchev–Trinajstić information content (AvgIpc) is 2.28. The standard InChI is InChI=1S/C12H17Cl2NO/c1-16-7-3-2-6-15-9-10-8-11(13)4-5-12(10)14/h4-5,8,15H,2-3,6-7,9H2,1H3. The van der Waals surface area contributed by atoms with E-state index in [9.17, 15) is 0 Å².